The van der Waals surface area contributed by atoms with Crippen LogP contribution in [0.15, 0.2) is 93.7 Å². The van der Waals surface area contributed by atoms with Crippen LogP contribution in [0.3, 0.4) is 0 Å². The predicted octanol–water partition coefficient (Wildman–Crippen LogP) is 6.61. The van der Waals surface area contributed by atoms with Crippen LogP contribution in [-0.2, 0) is 6.42 Å². The zero-order valence-corrected chi connectivity index (χ0v) is 21.7. The molecule has 0 aliphatic heterocycles. The highest BCUT2D eigenvalue weighted by atomic mass is 16.5. The number of allylic oxidation sites excluding steroid dienone is 1. The second kappa shape index (κ2) is 10.8. The molecular weight excluding hydrogens is 478 g/mol. The summed E-state index contributed by atoms with van der Waals surface area (Å²) in [5.74, 6) is 2.07. The molecule has 0 saturated carbocycles. The molecule has 3 aromatic carbocycles. The van der Waals surface area contributed by atoms with Crippen molar-refractivity contribution in [3.63, 3.8) is 0 Å². The summed E-state index contributed by atoms with van der Waals surface area (Å²) in [5, 5.41) is 5.98. The third kappa shape index (κ3) is 4.95. The summed E-state index contributed by atoms with van der Waals surface area (Å²) in [7, 11) is 0. The Bertz CT molecular complexity index is 1680. The fraction of sp³-hybridized carbons (Fsp3) is 0.194. The number of hydrogen-bond acceptors (Lipinski definition) is 6. The van der Waals surface area contributed by atoms with E-state index in [1.807, 2.05) is 81.4 Å². The molecular formula is C31H29N3O4. The van der Waals surface area contributed by atoms with Crippen molar-refractivity contribution in [3.8, 4) is 23.1 Å². The zero-order valence-electron chi connectivity index (χ0n) is 21.7. The number of furan rings is 1. The molecule has 0 atom stereocenters. The smallest absolute Gasteiger partial charge is 0.282 e. The van der Waals surface area contributed by atoms with E-state index in [4.69, 9.17) is 18.9 Å². The molecule has 0 spiro atoms. The van der Waals surface area contributed by atoms with Crippen molar-refractivity contribution >= 4 is 28.1 Å². The van der Waals surface area contributed by atoms with Gasteiger partial charge in [0.2, 0.25) is 5.82 Å². The lowest BCUT2D eigenvalue weighted by Gasteiger charge is -2.18. The molecule has 38 heavy (non-hydrogen) atoms. The summed E-state index contributed by atoms with van der Waals surface area (Å²) in [6, 6.07) is 20.6. The van der Waals surface area contributed by atoms with Crippen LogP contribution < -0.4 is 15.0 Å². The van der Waals surface area contributed by atoms with Gasteiger partial charge in [0.15, 0.2) is 17.3 Å². The molecule has 0 fully saturated rings. The maximum absolute atomic E-state index is 13.6. The third-order valence-electron chi connectivity index (χ3n) is 5.89. The molecule has 0 radical (unpaired) electrons. The van der Waals surface area contributed by atoms with Gasteiger partial charge in [-0.1, -0.05) is 36.4 Å². The van der Waals surface area contributed by atoms with Crippen LogP contribution in [-0.4, -0.2) is 28.6 Å². The van der Waals surface area contributed by atoms with E-state index in [1.54, 1.807) is 18.3 Å². The van der Waals surface area contributed by atoms with Crippen LogP contribution in [0.5, 0.6) is 11.5 Å². The molecule has 2 aromatic heterocycles. The van der Waals surface area contributed by atoms with E-state index < -0.39 is 0 Å². The lowest BCUT2D eigenvalue weighted by atomic mass is 10.1. The predicted molar refractivity (Wildman–Crippen MR) is 151 cm³/mol. The fourth-order valence-electron chi connectivity index (χ4n) is 4.30. The minimum Gasteiger partial charge on any atom is -0.490 e. The first-order valence-corrected chi connectivity index (χ1v) is 12.6. The van der Waals surface area contributed by atoms with Crippen molar-refractivity contribution in [2.45, 2.75) is 33.3 Å². The van der Waals surface area contributed by atoms with Gasteiger partial charge < -0.3 is 13.9 Å². The van der Waals surface area contributed by atoms with Crippen LogP contribution in [0.4, 0.5) is 0 Å². The van der Waals surface area contributed by atoms with Crippen molar-refractivity contribution in [3.05, 3.63) is 101 Å². The normalized spacial score (nSPS) is 11.6. The van der Waals surface area contributed by atoms with E-state index in [1.165, 1.54) is 4.68 Å². The Kier molecular flexibility index (Phi) is 7.09. The van der Waals surface area contributed by atoms with Gasteiger partial charge in [-0.05, 0) is 69.2 Å². The first-order valence-electron chi connectivity index (χ1n) is 12.6. The van der Waals surface area contributed by atoms with E-state index in [0.717, 1.165) is 16.5 Å². The largest absolute Gasteiger partial charge is 0.490 e. The van der Waals surface area contributed by atoms with E-state index in [0.29, 0.717) is 52.6 Å². The zero-order chi connectivity index (χ0) is 26.6. The van der Waals surface area contributed by atoms with E-state index >= 15 is 0 Å². The highest BCUT2D eigenvalue weighted by molar-refractivity contribution is 5.85. The van der Waals surface area contributed by atoms with Gasteiger partial charge in [0, 0.05) is 10.9 Å². The molecule has 0 saturated heterocycles. The number of hydrogen-bond donors (Lipinski definition) is 0. The molecule has 7 nitrogen and oxygen atoms in total. The summed E-state index contributed by atoms with van der Waals surface area (Å²) >= 11 is 0. The Balaban J connectivity index is 1.67. The van der Waals surface area contributed by atoms with Gasteiger partial charge >= 0.3 is 0 Å². The summed E-state index contributed by atoms with van der Waals surface area (Å²) in [6.07, 6.45) is 4.01. The number of fused-ring (bicyclic) bond motifs is 2. The van der Waals surface area contributed by atoms with E-state index in [2.05, 4.69) is 11.7 Å². The maximum Gasteiger partial charge on any atom is 0.282 e. The number of nitrogens with zero attached hydrogens (tertiary/aromatic N) is 3. The lowest BCUT2D eigenvalue weighted by molar-refractivity contribution is 0.222. The molecule has 192 valence electrons. The minimum atomic E-state index is -0.293. The molecule has 0 unspecified atom stereocenters. The van der Waals surface area contributed by atoms with Crippen LogP contribution >= 0.6 is 0 Å². The summed E-state index contributed by atoms with van der Waals surface area (Å²) in [4.78, 5) is 18.3. The van der Waals surface area contributed by atoms with Crippen LogP contribution in [0.25, 0.3) is 33.5 Å². The van der Waals surface area contributed by atoms with Gasteiger partial charge in [-0.2, -0.15) is 9.78 Å². The lowest BCUT2D eigenvalue weighted by Crippen LogP contribution is -2.20. The SMILES string of the molecule is C=CCc1cc(C=Nn2c(-c3cc4ccccc4o3)nc3ccccc3c2=O)cc(OCC)c1OC(C)C. The molecule has 7 heteroatoms. The summed E-state index contributed by atoms with van der Waals surface area (Å²) < 4.78 is 19.3. The number of ether oxygens (including phenoxy) is 2. The Morgan fingerprint density at radius 3 is 2.66 bits per heavy atom. The fourth-order valence-corrected chi connectivity index (χ4v) is 4.30. The first kappa shape index (κ1) is 25.0. The average molecular weight is 508 g/mol. The molecule has 5 rings (SSSR count). The highest BCUT2D eigenvalue weighted by Gasteiger charge is 2.17. The highest BCUT2D eigenvalue weighted by Crippen LogP contribution is 2.34. The first-order chi connectivity index (χ1) is 18.5. The van der Waals surface area contributed by atoms with Crippen LogP contribution in [0, 0.1) is 0 Å². The van der Waals surface area contributed by atoms with Crippen molar-refractivity contribution in [2.24, 2.45) is 5.10 Å². The van der Waals surface area contributed by atoms with Crippen LogP contribution in [0.1, 0.15) is 31.9 Å². The average Bonchev–Trinajstić information content (AvgIpc) is 3.34. The summed E-state index contributed by atoms with van der Waals surface area (Å²) in [5.41, 5.74) is 2.65. The molecule has 0 bridgehead atoms. The third-order valence-corrected chi connectivity index (χ3v) is 5.89. The van der Waals surface area contributed by atoms with Crippen LogP contribution in [0.2, 0.25) is 0 Å². The molecule has 0 N–H and O–H groups in total. The van der Waals surface area contributed by atoms with Gasteiger partial charge in [-0.3, -0.25) is 4.79 Å². The Hall–Kier alpha value is -4.65. The van der Waals surface area contributed by atoms with Crippen molar-refractivity contribution < 1.29 is 13.9 Å². The maximum atomic E-state index is 13.6. The Morgan fingerprint density at radius 1 is 1.11 bits per heavy atom. The quantitative estimate of drug-likeness (QED) is 0.166. The monoisotopic (exact) mass is 507 g/mol. The van der Waals surface area contributed by atoms with Gasteiger partial charge in [0.05, 0.1) is 29.8 Å². The Labute approximate surface area is 220 Å². The van der Waals surface area contributed by atoms with Gasteiger partial charge in [-0.25, -0.2) is 4.98 Å². The Morgan fingerprint density at radius 2 is 1.89 bits per heavy atom. The number of para-hydroxylation sites is 2. The molecule has 0 aliphatic carbocycles. The van der Waals surface area contributed by atoms with Gasteiger partial charge in [-0.15, -0.1) is 6.58 Å². The summed E-state index contributed by atoms with van der Waals surface area (Å²) in [6.45, 7) is 10.2. The van der Waals surface area contributed by atoms with Gasteiger partial charge in [0.1, 0.15) is 5.58 Å². The topological polar surface area (TPSA) is 78.9 Å². The van der Waals surface area contributed by atoms with Gasteiger partial charge in [0.25, 0.3) is 5.56 Å². The van der Waals surface area contributed by atoms with Crippen molar-refractivity contribution in [1.82, 2.24) is 9.66 Å². The van der Waals surface area contributed by atoms with E-state index in [-0.39, 0.29) is 11.7 Å². The minimum absolute atomic E-state index is 0.0223. The number of aromatic nitrogens is 2. The second-order valence-corrected chi connectivity index (χ2v) is 9.06. The molecule has 0 aliphatic rings. The van der Waals surface area contributed by atoms with Crippen molar-refractivity contribution in [1.29, 1.82) is 0 Å². The molecule has 0 amide bonds. The standard InChI is InChI=1S/C31H29N3O4/c1-5-11-23-16-21(17-27(36-6-2)29(23)37-20(3)4)19-32-34-30(28-18-22-12-7-10-15-26(22)38-28)33-25-14-9-8-13-24(25)31(34)35/h5,7-10,12-20H,1,6,11H2,2-4H3. The van der Waals surface area contributed by atoms with Crippen molar-refractivity contribution in [2.75, 3.05) is 6.61 Å². The number of benzene rings is 3. The second-order valence-electron chi connectivity index (χ2n) is 9.06. The number of rotatable bonds is 9. The molecule has 5 aromatic rings. The molecule has 2 heterocycles. The van der Waals surface area contributed by atoms with E-state index in [9.17, 15) is 4.79 Å².